The monoisotopic (exact) mass is 508 g/mol. The lowest BCUT2D eigenvalue weighted by molar-refractivity contribution is -0.142. The van der Waals surface area contributed by atoms with Gasteiger partial charge in [-0.05, 0) is 47.0 Å². The van der Waals surface area contributed by atoms with Crippen molar-refractivity contribution in [2.24, 2.45) is 0 Å². The van der Waals surface area contributed by atoms with E-state index in [1.165, 1.54) is 21.7 Å². The lowest BCUT2D eigenvalue weighted by atomic mass is 10.0. The molecule has 0 aliphatic rings. The van der Waals surface area contributed by atoms with Gasteiger partial charge in [0.25, 0.3) is 0 Å². The molecule has 0 saturated carbocycles. The van der Waals surface area contributed by atoms with Crippen LogP contribution in [0.2, 0.25) is 0 Å². The molecule has 0 aliphatic carbocycles. The molecule has 190 valence electrons. The molecule has 0 fully saturated rings. The number of pyridine rings is 1. The fourth-order valence-corrected chi connectivity index (χ4v) is 4.26. The number of hydrogen-bond donors (Lipinski definition) is 1. The summed E-state index contributed by atoms with van der Waals surface area (Å²) in [6.45, 7) is 0.239. The van der Waals surface area contributed by atoms with Crippen LogP contribution < -0.4 is 5.32 Å². The first-order valence-electron chi connectivity index (χ1n) is 12.1. The van der Waals surface area contributed by atoms with Gasteiger partial charge < -0.3 is 10.2 Å². The molecular formula is C29H25FN6O2. The van der Waals surface area contributed by atoms with Gasteiger partial charge in [0, 0.05) is 25.5 Å². The van der Waals surface area contributed by atoms with Crippen LogP contribution >= 0.6 is 0 Å². The molecule has 0 bridgehead atoms. The van der Waals surface area contributed by atoms with E-state index >= 15 is 0 Å². The van der Waals surface area contributed by atoms with E-state index in [0.29, 0.717) is 11.1 Å². The van der Waals surface area contributed by atoms with Gasteiger partial charge in [0.2, 0.25) is 11.8 Å². The van der Waals surface area contributed by atoms with Crippen LogP contribution in [-0.2, 0) is 29.2 Å². The van der Waals surface area contributed by atoms with Gasteiger partial charge in [-0.25, -0.2) is 9.07 Å². The van der Waals surface area contributed by atoms with Gasteiger partial charge >= 0.3 is 0 Å². The minimum atomic E-state index is -0.931. The number of fused-ring (bicyclic) bond motifs is 1. The number of para-hydroxylation sites is 1. The van der Waals surface area contributed by atoms with Crippen molar-refractivity contribution in [1.29, 1.82) is 0 Å². The number of hydrogen-bond acceptors (Lipinski definition) is 5. The summed E-state index contributed by atoms with van der Waals surface area (Å²) in [5, 5.41) is 11.2. The van der Waals surface area contributed by atoms with Crippen LogP contribution in [0.3, 0.4) is 0 Å². The first kappa shape index (κ1) is 24.8. The zero-order chi connectivity index (χ0) is 26.3. The highest BCUT2D eigenvalue weighted by molar-refractivity contribution is 5.89. The number of nitrogens with zero attached hydrogens (tertiary/aromatic N) is 5. The largest absolute Gasteiger partial charge is 0.350 e. The van der Waals surface area contributed by atoms with Crippen LogP contribution in [0.1, 0.15) is 22.7 Å². The third kappa shape index (κ3) is 5.73. The molecule has 0 aliphatic heterocycles. The van der Waals surface area contributed by atoms with E-state index in [0.717, 1.165) is 16.6 Å². The fraction of sp³-hybridized carbons (Fsp3) is 0.138. The quantitative estimate of drug-likeness (QED) is 0.324. The Balaban J connectivity index is 1.48. The van der Waals surface area contributed by atoms with Gasteiger partial charge in [-0.15, -0.1) is 5.10 Å². The van der Waals surface area contributed by atoms with Crippen molar-refractivity contribution in [3.05, 3.63) is 126 Å². The lowest BCUT2D eigenvalue weighted by Crippen LogP contribution is -2.44. The van der Waals surface area contributed by atoms with Crippen molar-refractivity contribution in [2.45, 2.75) is 25.7 Å². The van der Waals surface area contributed by atoms with Gasteiger partial charge in [0.05, 0.1) is 5.52 Å². The van der Waals surface area contributed by atoms with Crippen LogP contribution in [0, 0.1) is 5.82 Å². The van der Waals surface area contributed by atoms with Crippen LogP contribution in [0.5, 0.6) is 0 Å². The molecular weight excluding hydrogens is 483 g/mol. The van der Waals surface area contributed by atoms with Gasteiger partial charge in [0.1, 0.15) is 23.9 Å². The summed E-state index contributed by atoms with van der Waals surface area (Å²) in [6.07, 6.45) is 3.32. The topological polar surface area (TPSA) is 93.0 Å². The van der Waals surface area contributed by atoms with Crippen molar-refractivity contribution in [1.82, 2.24) is 30.2 Å². The molecule has 9 heteroatoms. The van der Waals surface area contributed by atoms with E-state index < -0.39 is 6.04 Å². The van der Waals surface area contributed by atoms with E-state index in [4.69, 9.17) is 0 Å². The van der Waals surface area contributed by atoms with Crippen LogP contribution in [0.15, 0.2) is 103 Å². The zero-order valence-electron chi connectivity index (χ0n) is 20.4. The molecule has 1 N–H and O–H groups in total. The summed E-state index contributed by atoms with van der Waals surface area (Å²) in [4.78, 5) is 33.3. The molecule has 8 nitrogen and oxygen atoms in total. The third-order valence-corrected chi connectivity index (χ3v) is 6.16. The summed E-state index contributed by atoms with van der Waals surface area (Å²) in [5.41, 5.74) is 3.57. The van der Waals surface area contributed by atoms with Crippen LogP contribution in [0.4, 0.5) is 4.39 Å². The van der Waals surface area contributed by atoms with Crippen molar-refractivity contribution in [3.8, 4) is 0 Å². The van der Waals surface area contributed by atoms with E-state index in [1.54, 1.807) is 30.6 Å². The third-order valence-electron chi connectivity index (χ3n) is 6.16. The molecule has 1 unspecified atom stereocenters. The smallest absolute Gasteiger partial charge is 0.247 e. The number of halogens is 1. The summed E-state index contributed by atoms with van der Waals surface area (Å²) in [5.74, 6) is -1.02. The number of benzene rings is 3. The molecule has 2 aromatic heterocycles. The second-order valence-electron chi connectivity index (χ2n) is 8.78. The standard InChI is InChI=1S/C29H25FN6O2/c30-24-14-12-21(13-15-24)18-32-29(38)28(23-8-2-1-3-9-23)35(19-22-7-6-16-31-17-22)27(37)20-36-26-11-5-4-10-25(26)33-34-36/h1-17,28H,18-20H2,(H,32,38). The molecule has 2 heterocycles. The van der Waals surface area contributed by atoms with E-state index in [1.807, 2.05) is 60.7 Å². The first-order valence-corrected chi connectivity index (χ1v) is 12.1. The minimum Gasteiger partial charge on any atom is -0.350 e. The Hall–Kier alpha value is -4.92. The number of nitrogens with one attached hydrogen (secondary N) is 1. The normalized spacial score (nSPS) is 11.7. The number of carbonyl (C=O) groups excluding carboxylic acids is 2. The van der Waals surface area contributed by atoms with E-state index in [-0.39, 0.29) is 37.3 Å². The van der Waals surface area contributed by atoms with Crippen molar-refractivity contribution < 1.29 is 14.0 Å². The first-order chi connectivity index (χ1) is 18.6. The lowest BCUT2D eigenvalue weighted by Gasteiger charge is -2.31. The zero-order valence-corrected chi connectivity index (χ0v) is 20.4. The summed E-state index contributed by atoms with van der Waals surface area (Å²) in [6, 6.07) is 25.1. The summed E-state index contributed by atoms with van der Waals surface area (Å²) < 4.78 is 14.9. The average Bonchev–Trinajstić information content (AvgIpc) is 3.36. The van der Waals surface area contributed by atoms with Crippen molar-refractivity contribution >= 4 is 22.8 Å². The number of carbonyl (C=O) groups is 2. The SMILES string of the molecule is O=C(NCc1ccc(F)cc1)C(c1ccccc1)N(Cc1cccnc1)C(=O)Cn1nnc2ccccc21. The molecule has 3 aromatic carbocycles. The number of rotatable bonds is 9. The van der Waals surface area contributed by atoms with Crippen LogP contribution in [-0.4, -0.2) is 36.7 Å². The highest BCUT2D eigenvalue weighted by Gasteiger charge is 2.32. The Morgan fingerprint density at radius 3 is 2.42 bits per heavy atom. The Morgan fingerprint density at radius 1 is 0.895 bits per heavy atom. The summed E-state index contributed by atoms with van der Waals surface area (Å²) >= 11 is 0. The Bertz CT molecular complexity index is 1520. The fourth-order valence-electron chi connectivity index (χ4n) is 4.26. The molecule has 38 heavy (non-hydrogen) atoms. The van der Waals surface area contributed by atoms with Gasteiger partial charge in [-0.2, -0.15) is 0 Å². The molecule has 1 atom stereocenters. The maximum absolute atomic E-state index is 13.9. The van der Waals surface area contributed by atoms with E-state index in [2.05, 4.69) is 20.6 Å². The maximum atomic E-state index is 13.9. The molecule has 2 amide bonds. The molecule has 0 spiro atoms. The second kappa shape index (κ2) is 11.4. The minimum absolute atomic E-state index is 0.102. The van der Waals surface area contributed by atoms with E-state index in [9.17, 15) is 14.0 Å². The van der Waals surface area contributed by atoms with Crippen molar-refractivity contribution in [3.63, 3.8) is 0 Å². The Morgan fingerprint density at radius 2 is 1.66 bits per heavy atom. The predicted octanol–water partition coefficient (Wildman–Crippen LogP) is 4.05. The average molecular weight is 509 g/mol. The maximum Gasteiger partial charge on any atom is 0.247 e. The Kier molecular flexibility index (Phi) is 7.44. The number of aromatic nitrogens is 4. The van der Waals surface area contributed by atoms with Crippen molar-refractivity contribution in [2.75, 3.05) is 0 Å². The highest BCUT2D eigenvalue weighted by Crippen LogP contribution is 2.25. The van der Waals surface area contributed by atoms with Gasteiger partial charge in [-0.1, -0.05) is 65.9 Å². The highest BCUT2D eigenvalue weighted by atomic mass is 19.1. The Labute approximate surface area is 218 Å². The predicted molar refractivity (Wildman–Crippen MR) is 140 cm³/mol. The van der Waals surface area contributed by atoms with Gasteiger partial charge in [0.15, 0.2) is 0 Å². The second-order valence-corrected chi connectivity index (χ2v) is 8.78. The molecule has 5 rings (SSSR count). The van der Waals surface area contributed by atoms with Crippen LogP contribution in [0.25, 0.3) is 11.0 Å². The molecule has 0 radical (unpaired) electrons. The number of amides is 2. The summed E-state index contributed by atoms with van der Waals surface area (Å²) in [7, 11) is 0. The molecule has 0 saturated heterocycles. The van der Waals surface area contributed by atoms with Gasteiger partial charge in [-0.3, -0.25) is 14.6 Å². The molecule has 5 aromatic rings.